The summed E-state index contributed by atoms with van der Waals surface area (Å²) >= 11 is 0. The Kier molecular flexibility index (Phi) is 20.9. The molecule has 0 aliphatic heterocycles. The molecule has 2 aromatic heterocycles. The lowest BCUT2D eigenvalue weighted by molar-refractivity contribution is 0.0290. The number of ether oxygens (including phenoxy) is 1. The summed E-state index contributed by atoms with van der Waals surface area (Å²) in [5.41, 5.74) is 6.72. The first-order chi connectivity index (χ1) is 32.0. The summed E-state index contributed by atoms with van der Waals surface area (Å²) < 4.78 is 7.53. The maximum absolute atomic E-state index is 7.53. The average molecular weight is 875 g/mol. The van der Waals surface area contributed by atoms with E-state index in [0.29, 0.717) is 0 Å². The fourth-order valence-corrected chi connectivity index (χ4v) is 9.87. The van der Waals surface area contributed by atoms with Crippen LogP contribution in [0, 0.1) is 0 Å². The van der Waals surface area contributed by atoms with Gasteiger partial charge in [0.2, 0.25) is 0 Å². The molecule has 0 saturated heterocycles. The van der Waals surface area contributed by atoms with Crippen molar-refractivity contribution in [3.05, 3.63) is 167 Å². The molecule has 0 fully saturated rings. The number of nitrogens with zero attached hydrogens (tertiary/aromatic N) is 4. The Hall–Kier alpha value is -4.48. The third kappa shape index (κ3) is 14.8. The highest BCUT2D eigenvalue weighted by Gasteiger charge is 2.37. The van der Waals surface area contributed by atoms with E-state index in [-0.39, 0.29) is 23.0 Å². The number of aromatic nitrogens is 4. The van der Waals surface area contributed by atoms with Crippen LogP contribution in [0.2, 0.25) is 0 Å². The van der Waals surface area contributed by atoms with Crippen molar-refractivity contribution in [3.8, 4) is 0 Å². The van der Waals surface area contributed by atoms with Gasteiger partial charge in [-0.2, -0.15) is 0 Å². The van der Waals surface area contributed by atoms with Crippen LogP contribution >= 0.6 is 0 Å². The normalized spacial score (nSPS) is 19.2. The molecular formula is C60H82N4O. The highest BCUT2D eigenvalue weighted by Crippen LogP contribution is 2.45. The zero-order valence-electron chi connectivity index (χ0n) is 40.9. The minimum absolute atomic E-state index is 0.235. The smallest absolute Gasteiger partial charge is 0.138 e. The van der Waals surface area contributed by atoms with Crippen LogP contribution in [0.25, 0.3) is 0 Å². The predicted molar refractivity (Wildman–Crippen MR) is 273 cm³/mol. The van der Waals surface area contributed by atoms with E-state index in [0.717, 1.165) is 74.1 Å². The van der Waals surface area contributed by atoms with Crippen molar-refractivity contribution < 1.29 is 4.74 Å². The summed E-state index contributed by atoms with van der Waals surface area (Å²) in [6.45, 7) is 9.13. The standard InChI is InChI=1S/C60H82N4O/c1-5-9-13-17-21-29-49-45-61-57(62-46-49)59(39-27-15-11-7-3)41-35-53(36-42-59)55(51-31-23-19-24-32-51)65-56(52-33-25-20-26-34-52)54-37-43-60(44-38-54,40-28-16-12-8-4)58-63-47-50(48-64-58)30-22-18-14-10-6-2/h19-20,23-26,31-38,41,43,45-48,55-56H,5-18,21-22,27-30,39-40,42,44H2,1-4H3. The lowest BCUT2D eigenvalue weighted by Gasteiger charge is -2.35. The molecule has 0 radical (unpaired) electrons. The third-order valence-electron chi connectivity index (χ3n) is 14.1. The first-order valence-corrected chi connectivity index (χ1v) is 26.2. The molecule has 4 atom stereocenters. The summed E-state index contributed by atoms with van der Waals surface area (Å²) in [5, 5.41) is 0. The van der Waals surface area contributed by atoms with E-state index in [1.807, 2.05) is 0 Å². The van der Waals surface area contributed by atoms with Gasteiger partial charge in [-0.15, -0.1) is 0 Å². The van der Waals surface area contributed by atoms with Crippen molar-refractivity contribution in [3.63, 3.8) is 0 Å². The van der Waals surface area contributed by atoms with Gasteiger partial charge in [0.15, 0.2) is 0 Å². The number of allylic oxidation sites excluding steroid dienone is 4. The van der Waals surface area contributed by atoms with Crippen LogP contribution in [0.4, 0.5) is 0 Å². The van der Waals surface area contributed by atoms with Crippen molar-refractivity contribution >= 4 is 0 Å². The van der Waals surface area contributed by atoms with Gasteiger partial charge in [0.25, 0.3) is 0 Å². The molecule has 348 valence electrons. The molecule has 2 aromatic carbocycles. The van der Waals surface area contributed by atoms with Gasteiger partial charge in [-0.25, -0.2) is 19.9 Å². The van der Waals surface area contributed by atoms with Crippen LogP contribution in [0.5, 0.6) is 0 Å². The Balaban J connectivity index is 1.26. The second-order valence-corrected chi connectivity index (χ2v) is 19.3. The number of rotatable bonds is 30. The van der Waals surface area contributed by atoms with Gasteiger partial charge in [0.1, 0.15) is 23.9 Å². The lowest BCUT2D eigenvalue weighted by atomic mass is 9.74. The molecule has 6 rings (SSSR count). The van der Waals surface area contributed by atoms with Crippen molar-refractivity contribution in [1.82, 2.24) is 19.9 Å². The van der Waals surface area contributed by atoms with E-state index in [1.54, 1.807) is 0 Å². The summed E-state index contributed by atoms with van der Waals surface area (Å²) in [5.74, 6) is 1.90. The van der Waals surface area contributed by atoms with Gasteiger partial charge in [-0.1, -0.05) is 228 Å². The van der Waals surface area contributed by atoms with Crippen molar-refractivity contribution in [2.75, 3.05) is 0 Å². The fourth-order valence-electron chi connectivity index (χ4n) is 9.87. The van der Waals surface area contributed by atoms with Crippen LogP contribution < -0.4 is 0 Å². The molecule has 0 spiro atoms. The molecular weight excluding hydrogens is 793 g/mol. The van der Waals surface area contributed by atoms with Gasteiger partial charge >= 0.3 is 0 Å². The second kappa shape index (κ2) is 27.2. The molecule has 5 nitrogen and oxygen atoms in total. The summed E-state index contributed by atoms with van der Waals surface area (Å²) in [6, 6.07) is 21.6. The van der Waals surface area contributed by atoms with Crippen LogP contribution in [0.15, 0.2) is 133 Å². The minimum Gasteiger partial charge on any atom is -0.356 e. The maximum atomic E-state index is 7.53. The summed E-state index contributed by atoms with van der Waals surface area (Å²) in [7, 11) is 0. The highest BCUT2D eigenvalue weighted by molar-refractivity contribution is 5.43. The minimum atomic E-state index is -0.264. The Labute approximate surface area is 394 Å². The van der Waals surface area contributed by atoms with E-state index < -0.39 is 0 Å². The average Bonchev–Trinajstić information content (AvgIpc) is 3.36. The number of hydrogen-bond acceptors (Lipinski definition) is 5. The molecule has 2 heterocycles. The number of benzene rings is 2. The summed E-state index contributed by atoms with van der Waals surface area (Å²) in [4.78, 5) is 20.4. The van der Waals surface area contributed by atoms with E-state index in [4.69, 9.17) is 24.7 Å². The van der Waals surface area contributed by atoms with Gasteiger partial charge in [0, 0.05) is 24.8 Å². The van der Waals surface area contributed by atoms with Gasteiger partial charge in [-0.05, 0) is 84.8 Å². The first-order valence-electron chi connectivity index (χ1n) is 26.2. The quantitative estimate of drug-likeness (QED) is 0.0489. The molecule has 0 amide bonds. The molecule has 2 aliphatic rings. The highest BCUT2D eigenvalue weighted by atomic mass is 16.5. The van der Waals surface area contributed by atoms with Crippen molar-refractivity contribution in [1.29, 1.82) is 0 Å². The van der Waals surface area contributed by atoms with Gasteiger partial charge in [0.05, 0.1) is 10.8 Å². The molecule has 4 unspecified atom stereocenters. The van der Waals surface area contributed by atoms with Crippen LogP contribution in [-0.4, -0.2) is 19.9 Å². The van der Waals surface area contributed by atoms with E-state index in [9.17, 15) is 0 Å². The zero-order chi connectivity index (χ0) is 45.4. The lowest BCUT2D eigenvalue weighted by Crippen LogP contribution is -2.29. The summed E-state index contributed by atoms with van der Waals surface area (Å²) in [6.07, 6.45) is 50.7. The second-order valence-electron chi connectivity index (χ2n) is 19.3. The Morgan fingerprint density at radius 1 is 0.446 bits per heavy atom. The molecule has 5 heteroatoms. The van der Waals surface area contributed by atoms with Crippen molar-refractivity contribution in [2.24, 2.45) is 0 Å². The molecule has 0 N–H and O–H groups in total. The molecule has 4 aromatic rings. The Bertz CT molecular complexity index is 1900. The van der Waals surface area contributed by atoms with Crippen LogP contribution in [0.1, 0.15) is 215 Å². The Morgan fingerprint density at radius 2 is 0.800 bits per heavy atom. The zero-order valence-corrected chi connectivity index (χ0v) is 40.9. The SMILES string of the molecule is CCCCCCCc1cnc(C2(CCCCCC)C=CC(C(OC(C3=CCC(CCCCCC)(c4ncc(CCCCCCC)cn4)C=C3)c3ccccc3)c3ccccc3)=CC2)nc1. The predicted octanol–water partition coefficient (Wildman–Crippen LogP) is 16.7. The Morgan fingerprint density at radius 3 is 1.14 bits per heavy atom. The van der Waals surface area contributed by atoms with Crippen molar-refractivity contribution in [2.45, 2.75) is 205 Å². The molecule has 65 heavy (non-hydrogen) atoms. The number of aryl methyl sites for hydroxylation is 2. The van der Waals surface area contributed by atoms with Gasteiger partial charge < -0.3 is 4.74 Å². The van der Waals surface area contributed by atoms with Crippen LogP contribution in [-0.2, 0) is 28.4 Å². The first kappa shape index (κ1) is 49.9. The number of hydrogen-bond donors (Lipinski definition) is 0. The maximum Gasteiger partial charge on any atom is 0.138 e. The molecule has 0 saturated carbocycles. The molecule has 0 bridgehead atoms. The van der Waals surface area contributed by atoms with E-state index in [2.05, 4.69) is 150 Å². The third-order valence-corrected chi connectivity index (χ3v) is 14.1. The van der Waals surface area contributed by atoms with Gasteiger partial charge in [-0.3, -0.25) is 0 Å². The topological polar surface area (TPSA) is 60.8 Å². The largest absolute Gasteiger partial charge is 0.356 e. The number of unbranched alkanes of at least 4 members (excludes halogenated alkanes) is 14. The van der Waals surface area contributed by atoms with Crippen LogP contribution in [0.3, 0.4) is 0 Å². The van der Waals surface area contributed by atoms with E-state index in [1.165, 1.54) is 125 Å². The fraction of sp³-hybridized carbons (Fsp3) is 0.533. The monoisotopic (exact) mass is 875 g/mol. The van der Waals surface area contributed by atoms with E-state index >= 15 is 0 Å². The molecule has 2 aliphatic carbocycles.